The van der Waals surface area contributed by atoms with Gasteiger partial charge in [0.1, 0.15) is 0 Å². The van der Waals surface area contributed by atoms with E-state index in [0.29, 0.717) is 12.1 Å². The van der Waals surface area contributed by atoms with Crippen molar-refractivity contribution in [2.45, 2.75) is 18.8 Å². The van der Waals surface area contributed by atoms with Gasteiger partial charge >= 0.3 is 5.97 Å². The van der Waals surface area contributed by atoms with Crippen molar-refractivity contribution in [1.82, 2.24) is 0 Å². The van der Waals surface area contributed by atoms with Crippen LogP contribution >= 0.6 is 0 Å². The highest BCUT2D eigenvalue weighted by atomic mass is 19.3. The maximum atomic E-state index is 12.8. The van der Waals surface area contributed by atoms with E-state index in [1.165, 1.54) is 0 Å². The number of benzene rings is 1. The van der Waals surface area contributed by atoms with Gasteiger partial charge in [-0.2, -0.15) is 0 Å². The molecule has 0 aliphatic carbocycles. The van der Waals surface area contributed by atoms with Crippen molar-refractivity contribution < 1.29 is 27.5 Å². The van der Waals surface area contributed by atoms with Crippen LogP contribution in [0.4, 0.5) is 17.6 Å². The highest BCUT2D eigenvalue weighted by molar-refractivity contribution is 5.68. The summed E-state index contributed by atoms with van der Waals surface area (Å²) in [5, 5.41) is 8.42. The lowest BCUT2D eigenvalue weighted by Crippen LogP contribution is -2.14. The predicted octanol–water partition coefficient (Wildman–Crippen LogP) is 2.79. The van der Waals surface area contributed by atoms with Gasteiger partial charge in [-0.05, 0) is 17.7 Å². The second kappa shape index (κ2) is 4.96. The lowest BCUT2D eigenvalue weighted by molar-refractivity contribution is -0.138. The maximum Gasteiger partial charge on any atom is 0.304 e. The third-order valence-electron chi connectivity index (χ3n) is 2.07. The molecular formula is C10H8F4O2. The van der Waals surface area contributed by atoms with E-state index in [-0.39, 0.29) is 5.56 Å². The lowest BCUT2D eigenvalue weighted by Gasteiger charge is -2.14. The summed E-state index contributed by atoms with van der Waals surface area (Å²) < 4.78 is 50.3. The number of hydrogen-bond acceptors (Lipinski definition) is 1. The normalized spacial score (nSPS) is 12.8. The third-order valence-corrected chi connectivity index (χ3v) is 2.07. The van der Waals surface area contributed by atoms with Crippen molar-refractivity contribution in [2.75, 3.05) is 0 Å². The molecule has 88 valence electrons. The van der Waals surface area contributed by atoms with E-state index in [0.717, 1.165) is 6.07 Å². The number of carboxylic acid groups (broad SMARTS) is 1. The van der Waals surface area contributed by atoms with Crippen LogP contribution in [0.2, 0.25) is 0 Å². The van der Waals surface area contributed by atoms with Crippen molar-refractivity contribution in [2.24, 2.45) is 0 Å². The molecule has 6 heteroatoms. The lowest BCUT2D eigenvalue weighted by atomic mass is 9.96. The largest absolute Gasteiger partial charge is 0.481 e. The van der Waals surface area contributed by atoms with Gasteiger partial charge in [0.2, 0.25) is 6.43 Å². The van der Waals surface area contributed by atoms with Crippen LogP contribution in [0.15, 0.2) is 18.2 Å². The standard InChI is InChI=1S/C10H8F4O2/c11-7-2-1-5(3-8(7)12)6(10(13)14)4-9(15)16/h1-3,6,10H,4H2,(H,15,16). The minimum Gasteiger partial charge on any atom is -0.481 e. The Kier molecular flexibility index (Phi) is 3.87. The molecule has 1 aromatic rings. The van der Waals surface area contributed by atoms with Gasteiger partial charge in [0.15, 0.2) is 11.6 Å². The average molecular weight is 236 g/mol. The van der Waals surface area contributed by atoms with Gasteiger partial charge in [0.05, 0.1) is 12.3 Å². The van der Waals surface area contributed by atoms with E-state index < -0.39 is 36.4 Å². The third kappa shape index (κ3) is 2.95. The number of carboxylic acids is 1. The fraction of sp³-hybridized carbons (Fsp3) is 0.300. The van der Waals surface area contributed by atoms with Gasteiger partial charge < -0.3 is 5.11 Å². The van der Waals surface area contributed by atoms with Crippen LogP contribution in [0.1, 0.15) is 17.9 Å². The molecule has 0 radical (unpaired) electrons. The van der Waals surface area contributed by atoms with Crippen molar-refractivity contribution in [1.29, 1.82) is 0 Å². The molecule has 0 amide bonds. The van der Waals surface area contributed by atoms with Crippen molar-refractivity contribution in [3.05, 3.63) is 35.4 Å². The Morgan fingerprint density at radius 2 is 1.88 bits per heavy atom. The molecule has 0 saturated carbocycles. The van der Waals surface area contributed by atoms with Gasteiger partial charge in [0, 0.05) is 0 Å². The number of alkyl halides is 2. The zero-order valence-electron chi connectivity index (χ0n) is 7.96. The summed E-state index contributed by atoms with van der Waals surface area (Å²) in [5.41, 5.74) is -0.226. The van der Waals surface area contributed by atoms with Gasteiger partial charge in [-0.3, -0.25) is 4.79 Å². The van der Waals surface area contributed by atoms with Crippen molar-refractivity contribution >= 4 is 5.97 Å². The van der Waals surface area contributed by atoms with E-state index in [2.05, 4.69) is 0 Å². The van der Waals surface area contributed by atoms with E-state index >= 15 is 0 Å². The number of carbonyl (C=O) groups is 1. The number of halogens is 4. The van der Waals surface area contributed by atoms with Crippen LogP contribution in [0.5, 0.6) is 0 Å². The topological polar surface area (TPSA) is 37.3 Å². The maximum absolute atomic E-state index is 12.8. The predicted molar refractivity (Wildman–Crippen MR) is 47.4 cm³/mol. The number of rotatable bonds is 4. The fourth-order valence-corrected chi connectivity index (χ4v) is 1.28. The smallest absolute Gasteiger partial charge is 0.304 e. The molecule has 2 nitrogen and oxygen atoms in total. The molecule has 1 rings (SSSR count). The molecular weight excluding hydrogens is 228 g/mol. The average Bonchev–Trinajstić information content (AvgIpc) is 2.18. The molecule has 0 spiro atoms. The first kappa shape index (κ1) is 12.5. The first-order valence-electron chi connectivity index (χ1n) is 4.36. The number of aliphatic carboxylic acids is 1. The molecule has 0 fully saturated rings. The van der Waals surface area contributed by atoms with Gasteiger partial charge in [-0.15, -0.1) is 0 Å². The monoisotopic (exact) mass is 236 g/mol. The molecule has 0 saturated heterocycles. The molecule has 0 aliphatic heterocycles. The molecule has 0 aromatic heterocycles. The number of hydrogen-bond donors (Lipinski definition) is 1. The molecule has 16 heavy (non-hydrogen) atoms. The summed E-state index contributed by atoms with van der Waals surface area (Å²) in [6.07, 6.45) is -3.77. The van der Waals surface area contributed by atoms with Crippen molar-refractivity contribution in [3.8, 4) is 0 Å². The second-order valence-electron chi connectivity index (χ2n) is 3.21. The molecule has 1 aromatic carbocycles. The van der Waals surface area contributed by atoms with Crippen LogP contribution in [0.3, 0.4) is 0 Å². The Bertz CT molecular complexity index is 392. The Labute approximate surface area is 88.5 Å². The zero-order valence-corrected chi connectivity index (χ0v) is 7.96. The highest BCUT2D eigenvalue weighted by Gasteiger charge is 2.26. The summed E-state index contributed by atoms with van der Waals surface area (Å²) in [6.45, 7) is 0. The zero-order chi connectivity index (χ0) is 12.3. The van der Waals surface area contributed by atoms with Crippen LogP contribution in [0.25, 0.3) is 0 Å². The Balaban J connectivity index is 3.01. The van der Waals surface area contributed by atoms with E-state index in [1.54, 1.807) is 0 Å². The summed E-state index contributed by atoms with van der Waals surface area (Å²) in [6, 6.07) is 2.25. The van der Waals surface area contributed by atoms with Gasteiger partial charge in [0.25, 0.3) is 0 Å². The summed E-state index contributed by atoms with van der Waals surface area (Å²) in [4.78, 5) is 10.3. The molecule has 1 N–H and O–H groups in total. The SMILES string of the molecule is O=C(O)CC(c1ccc(F)c(F)c1)C(F)F. The summed E-state index contributed by atoms with van der Waals surface area (Å²) in [5.74, 6) is -5.48. The van der Waals surface area contributed by atoms with Crippen LogP contribution in [0, 0.1) is 11.6 Å². The van der Waals surface area contributed by atoms with E-state index in [1.807, 2.05) is 0 Å². The minimum absolute atomic E-state index is 0.226. The summed E-state index contributed by atoms with van der Waals surface area (Å²) in [7, 11) is 0. The Hall–Kier alpha value is -1.59. The Morgan fingerprint density at radius 1 is 1.25 bits per heavy atom. The van der Waals surface area contributed by atoms with Gasteiger partial charge in [-0.1, -0.05) is 6.07 Å². The van der Waals surface area contributed by atoms with E-state index in [9.17, 15) is 22.4 Å². The van der Waals surface area contributed by atoms with Crippen LogP contribution < -0.4 is 0 Å². The van der Waals surface area contributed by atoms with Crippen molar-refractivity contribution in [3.63, 3.8) is 0 Å². The molecule has 0 aliphatic rings. The first-order chi connectivity index (χ1) is 7.41. The van der Waals surface area contributed by atoms with Crippen LogP contribution in [-0.4, -0.2) is 17.5 Å². The second-order valence-corrected chi connectivity index (χ2v) is 3.21. The molecule has 1 atom stereocenters. The minimum atomic E-state index is -2.94. The fourth-order valence-electron chi connectivity index (χ4n) is 1.28. The summed E-state index contributed by atoms with van der Waals surface area (Å²) >= 11 is 0. The highest BCUT2D eigenvalue weighted by Crippen LogP contribution is 2.27. The quantitative estimate of drug-likeness (QED) is 0.816. The first-order valence-corrected chi connectivity index (χ1v) is 4.36. The van der Waals surface area contributed by atoms with E-state index in [4.69, 9.17) is 5.11 Å². The molecule has 0 heterocycles. The molecule has 0 bridgehead atoms. The Morgan fingerprint density at radius 3 is 2.31 bits per heavy atom. The van der Waals surface area contributed by atoms with Crippen LogP contribution in [-0.2, 0) is 4.79 Å². The molecule has 1 unspecified atom stereocenters. The van der Waals surface area contributed by atoms with Gasteiger partial charge in [-0.25, -0.2) is 17.6 Å².